The number of esters is 1. The first-order chi connectivity index (χ1) is 9.58. The van der Waals surface area contributed by atoms with Gasteiger partial charge in [0, 0.05) is 6.54 Å². The first kappa shape index (κ1) is 17.4. The van der Waals surface area contributed by atoms with Crippen LogP contribution in [0, 0.1) is 0 Å². The van der Waals surface area contributed by atoms with Gasteiger partial charge >= 0.3 is 12.1 Å². The van der Waals surface area contributed by atoms with E-state index in [0.717, 1.165) is 0 Å². The average Bonchev–Trinajstić information content (AvgIpc) is 2.74. The summed E-state index contributed by atoms with van der Waals surface area (Å²) in [4.78, 5) is 35.5. The molecule has 0 aromatic heterocycles. The molecular formula is C14H23NO6. The number of amides is 1. The van der Waals surface area contributed by atoms with E-state index in [1.165, 1.54) is 4.90 Å². The van der Waals surface area contributed by atoms with Crippen LogP contribution >= 0.6 is 0 Å². The van der Waals surface area contributed by atoms with E-state index in [1.807, 2.05) is 0 Å². The lowest BCUT2D eigenvalue weighted by molar-refractivity contribution is -0.158. The highest BCUT2D eigenvalue weighted by Crippen LogP contribution is 2.16. The third-order valence-electron chi connectivity index (χ3n) is 3.00. The Kier molecular flexibility index (Phi) is 5.71. The largest absolute Gasteiger partial charge is 0.465 e. The number of ether oxygens (including phenoxy) is 2. The van der Waals surface area contributed by atoms with E-state index in [0.29, 0.717) is 13.0 Å². The molecule has 0 aliphatic carbocycles. The van der Waals surface area contributed by atoms with Crippen molar-refractivity contribution in [2.75, 3.05) is 13.1 Å². The van der Waals surface area contributed by atoms with Crippen LogP contribution in [-0.4, -0.2) is 58.8 Å². The number of carboxylic acid groups (broad SMARTS) is 1. The molecule has 1 rings (SSSR count). The number of Topliss-reactive ketones (excluding diaryl/α,β-unsaturated/α-hetero) is 1. The zero-order valence-electron chi connectivity index (χ0n) is 12.9. The number of likely N-dealkylation sites (tertiary alicyclic amines) is 1. The van der Waals surface area contributed by atoms with Gasteiger partial charge in [-0.25, -0.2) is 4.79 Å². The fourth-order valence-electron chi connectivity index (χ4n) is 2.04. The second kappa shape index (κ2) is 6.89. The summed E-state index contributed by atoms with van der Waals surface area (Å²) in [7, 11) is 0. The van der Waals surface area contributed by atoms with E-state index in [2.05, 4.69) is 0 Å². The number of hydrogen-bond donors (Lipinski definition) is 1. The van der Waals surface area contributed by atoms with Gasteiger partial charge in [-0.3, -0.25) is 9.59 Å². The third-order valence-corrected chi connectivity index (χ3v) is 3.00. The second-order valence-corrected chi connectivity index (χ2v) is 6.15. The maximum atomic E-state index is 11.9. The molecule has 2 atom stereocenters. The average molecular weight is 301 g/mol. The molecule has 0 bridgehead atoms. The highest BCUT2D eigenvalue weighted by molar-refractivity contribution is 5.97. The number of ketones is 1. The Hall–Kier alpha value is -1.63. The monoisotopic (exact) mass is 301 g/mol. The van der Waals surface area contributed by atoms with Crippen molar-refractivity contribution in [3.05, 3.63) is 0 Å². The Balaban J connectivity index is 2.38. The fraction of sp³-hybridized carbons (Fsp3) is 0.786. The molecule has 120 valence electrons. The van der Waals surface area contributed by atoms with Crippen molar-refractivity contribution < 1.29 is 29.0 Å². The molecule has 1 aliphatic rings. The lowest BCUT2D eigenvalue weighted by Crippen LogP contribution is -2.33. The molecule has 0 radical (unpaired) electrons. The van der Waals surface area contributed by atoms with Crippen LogP contribution in [0.25, 0.3) is 0 Å². The van der Waals surface area contributed by atoms with Gasteiger partial charge in [0.25, 0.3) is 0 Å². The van der Waals surface area contributed by atoms with Gasteiger partial charge in [-0.15, -0.1) is 0 Å². The molecule has 0 aromatic carbocycles. The van der Waals surface area contributed by atoms with E-state index in [9.17, 15) is 14.4 Å². The van der Waals surface area contributed by atoms with E-state index < -0.39 is 23.8 Å². The molecule has 0 spiro atoms. The number of carbonyl (C=O) groups is 3. The molecule has 1 heterocycles. The molecular weight excluding hydrogens is 278 g/mol. The Bertz CT molecular complexity index is 414. The van der Waals surface area contributed by atoms with Crippen LogP contribution in [0.15, 0.2) is 0 Å². The summed E-state index contributed by atoms with van der Waals surface area (Å²) in [5, 5.41) is 8.84. The molecule has 7 nitrogen and oxygen atoms in total. The number of carbonyl (C=O) groups excluding carboxylic acids is 2. The summed E-state index contributed by atoms with van der Waals surface area (Å²) in [6.45, 7) is 7.40. The van der Waals surface area contributed by atoms with Crippen LogP contribution in [0.3, 0.4) is 0 Å². The Morgan fingerprint density at radius 3 is 2.43 bits per heavy atom. The van der Waals surface area contributed by atoms with Crippen LogP contribution in [0.5, 0.6) is 0 Å². The van der Waals surface area contributed by atoms with Crippen molar-refractivity contribution >= 4 is 17.8 Å². The molecule has 21 heavy (non-hydrogen) atoms. The topological polar surface area (TPSA) is 93.1 Å². The quantitative estimate of drug-likeness (QED) is 0.610. The standard InChI is InChI=1S/C14H23NO6/c1-9(11(16)7-12(17)21-14(2,3)4)20-10-5-6-15(8-10)13(18)19/h9-10H,5-8H2,1-4H3,(H,18,19). The van der Waals surface area contributed by atoms with E-state index in [-0.39, 0.29) is 24.9 Å². The van der Waals surface area contributed by atoms with E-state index in [4.69, 9.17) is 14.6 Å². The minimum absolute atomic E-state index is 0.249. The molecule has 7 heteroatoms. The molecule has 0 saturated carbocycles. The Morgan fingerprint density at radius 2 is 1.95 bits per heavy atom. The van der Waals surface area contributed by atoms with E-state index >= 15 is 0 Å². The number of rotatable bonds is 5. The van der Waals surface area contributed by atoms with Gasteiger partial charge in [0.15, 0.2) is 5.78 Å². The van der Waals surface area contributed by atoms with Crippen molar-refractivity contribution in [3.8, 4) is 0 Å². The van der Waals surface area contributed by atoms with Gasteiger partial charge in [0.2, 0.25) is 0 Å². The summed E-state index contributed by atoms with van der Waals surface area (Å²) in [5.41, 5.74) is -0.630. The van der Waals surface area contributed by atoms with Crippen molar-refractivity contribution in [1.29, 1.82) is 0 Å². The first-order valence-corrected chi connectivity index (χ1v) is 6.96. The summed E-state index contributed by atoms with van der Waals surface area (Å²) in [6, 6.07) is 0. The minimum atomic E-state index is -0.992. The van der Waals surface area contributed by atoms with Crippen molar-refractivity contribution in [2.45, 2.75) is 58.3 Å². The zero-order chi connectivity index (χ0) is 16.2. The molecule has 1 fully saturated rings. The highest BCUT2D eigenvalue weighted by Gasteiger charge is 2.30. The van der Waals surface area contributed by atoms with Gasteiger partial charge in [0.05, 0.1) is 12.6 Å². The van der Waals surface area contributed by atoms with Crippen molar-refractivity contribution in [1.82, 2.24) is 4.90 Å². The first-order valence-electron chi connectivity index (χ1n) is 6.96. The SMILES string of the molecule is CC(OC1CCN(C(=O)O)C1)C(=O)CC(=O)OC(C)(C)C. The molecule has 1 N–H and O–H groups in total. The minimum Gasteiger partial charge on any atom is -0.465 e. The second-order valence-electron chi connectivity index (χ2n) is 6.15. The maximum Gasteiger partial charge on any atom is 0.407 e. The lowest BCUT2D eigenvalue weighted by Gasteiger charge is -2.21. The van der Waals surface area contributed by atoms with Gasteiger partial charge < -0.3 is 19.5 Å². The summed E-state index contributed by atoms with van der Waals surface area (Å²) < 4.78 is 10.6. The predicted octanol–water partition coefficient (Wildman–Crippen LogP) is 1.44. The molecule has 1 saturated heterocycles. The summed E-state index contributed by atoms with van der Waals surface area (Å²) in [6.07, 6.45) is -1.84. The number of hydrogen-bond acceptors (Lipinski definition) is 5. The van der Waals surface area contributed by atoms with Crippen LogP contribution in [-0.2, 0) is 19.1 Å². The molecule has 1 aliphatic heterocycles. The predicted molar refractivity (Wildman–Crippen MR) is 74.0 cm³/mol. The smallest absolute Gasteiger partial charge is 0.407 e. The maximum absolute atomic E-state index is 11.9. The van der Waals surface area contributed by atoms with Crippen molar-refractivity contribution in [3.63, 3.8) is 0 Å². The van der Waals surface area contributed by atoms with Crippen molar-refractivity contribution in [2.24, 2.45) is 0 Å². The summed E-state index contributed by atoms with van der Waals surface area (Å²) >= 11 is 0. The zero-order valence-corrected chi connectivity index (χ0v) is 12.9. The Labute approximate surface area is 124 Å². The van der Waals surface area contributed by atoms with Crippen LogP contribution in [0.4, 0.5) is 4.79 Å². The van der Waals surface area contributed by atoms with Crippen LogP contribution < -0.4 is 0 Å². The Morgan fingerprint density at radius 1 is 1.33 bits per heavy atom. The van der Waals surface area contributed by atoms with Crippen LogP contribution in [0.2, 0.25) is 0 Å². The third kappa shape index (κ3) is 6.12. The molecule has 0 aromatic rings. The lowest BCUT2D eigenvalue weighted by atomic mass is 10.1. The number of nitrogens with zero attached hydrogens (tertiary/aromatic N) is 1. The molecule has 2 unspecified atom stereocenters. The van der Waals surface area contributed by atoms with Gasteiger partial charge in [-0.1, -0.05) is 0 Å². The molecule has 1 amide bonds. The highest BCUT2D eigenvalue weighted by atomic mass is 16.6. The van der Waals surface area contributed by atoms with Gasteiger partial charge in [-0.05, 0) is 34.1 Å². The normalized spacial score (nSPS) is 20.2. The van der Waals surface area contributed by atoms with E-state index in [1.54, 1.807) is 27.7 Å². The van der Waals surface area contributed by atoms with Gasteiger partial charge in [-0.2, -0.15) is 0 Å². The van der Waals surface area contributed by atoms with Crippen LogP contribution in [0.1, 0.15) is 40.5 Å². The van der Waals surface area contributed by atoms with Gasteiger partial charge in [0.1, 0.15) is 18.1 Å². The summed E-state index contributed by atoms with van der Waals surface area (Å²) in [5.74, 6) is -0.945. The fourth-order valence-corrected chi connectivity index (χ4v) is 2.04.